The van der Waals surface area contributed by atoms with Gasteiger partial charge < -0.3 is 9.05 Å². The van der Waals surface area contributed by atoms with E-state index in [2.05, 4.69) is 34.3 Å². The van der Waals surface area contributed by atoms with Gasteiger partial charge in [-0.2, -0.15) is 0 Å². The van der Waals surface area contributed by atoms with Crippen molar-refractivity contribution in [2.24, 2.45) is 11.8 Å². The maximum absolute atomic E-state index is 12.4. The average Bonchev–Trinajstić information content (AvgIpc) is 2.13. The van der Waals surface area contributed by atoms with Gasteiger partial charge in [-0.05, 0) is 38.5 Å². The van der Waals surface area contributed by atoms with Crippen LogP contribution in [0.15, 0.2) is 12.4 Å². The van der Waals surface area contributed by atoms with Crippen LogP contribution in [0.3, 0.4) is 0 Å². The van der Waals surface area contributed by atoms with Crippen molar-refractivity contribution in [1.82, 2.24) is 0 Å². The summed E-state index contributed by atoms with van der Waals surface area (Å²) in [4.78, 5) is 0. The van der Waals surface area contributed by atoms with E-state index in [1.165, 1.54) is 5.82 Å². The number of rotatable bonds is 9. The lowest BCUT2D eigenvalue weighted by atomic mass is 10.1. The van der Waals surface area contributed by atoms with Crippen LogP contribution < -0.4 is 0 Å². The molecule has 0 amide bonds. The smallest absolute Gasteiger partial charge is 0.303 e. The molecule has 108 valence electrons. The highest BCUT2D eigenvalue weighted by Crippen LogP contribution is 2.52. The molecule has 0 saturated heterocycles. The van der Waals surface area contributed by atoms with Gasteiger partial charge in [0.05, 0.1) is 12.2 Å². The predicted molar refractivity (Wildman–Crippen MR) is 77.8 cm³/mol. The fourth-order valence-corrected chi connectivity index (χ4v) is 3.42. The third kappa shape index (κ3) is 8.07. The highest BCUT2D eigenvalue weighted by Gasteiger charge is 2.26. The van der Waals surface area contributed by atoms with Gasteiger partial charge in [0.1, 0.15) is 0 Å². The van der Waals surface area contributed by atoms with Gasteiger partial charge in [-0.25, -0.2) is 0 Å². The maximum atomic E-state index is 12.4. The summed E-state index contributed by atoms with van der Waals surface area (Å²) in [5.74, 6) is 2.33. The second-order valence-electron chi connectivity index (χ2n) is 5.81. The summed E-state index contributed by atoms with van der Waals surface area (Å²) in [6.07, 6.45) is 1.56. The lowest BCUT2D eigenvalue weighted by Gasteiger charge is -2.24. The van der Waals surface area contributed by atoms with E-state index >= 15 is 0 Å². The number of hydrogen-bond donors (Lipinski definition) is 0. The molecule has 0 fully saturated rings. The molecule has 2 atom stereocenters. The molecule has 0 aromatic carbocycles. The van der Waals surface area contributed by atoms with Crippen LogP contribution in [0.5, 0.6) is 0 Å². The molecule has 0 aliphatic carbocycles. The van der Waals surface area contributed by atoms with Crippen molar-refractivity contribution in [3.05, 3.63) is 12.4 Å². The summed E-state index contributed by atoms with van der Waals surface area (Å²) >= 11 is 0. The summed E-state index contributed by atoms with van der Waals surface area (Å²) in [6, 6.07) is 0. The van der Waals surface area contributed by atoms with Gasteiger partial charge in [0.2, 0.25) is 0 Å². The molecule has 0 aliphatic rings. The van der Waals surface area contributed by atoms with E-state index in [9.17, 15) is 4.57 Å². The lowest BCUT2D eigenvalue weighted by molar-refractivity contribution is 0.114. The highest BCUT2D eigenvalue weighted by atomic mass is 31.2. The van der Waals surface area contributed by atoms with Crippen molar-refractivity contribution in [2.45, 2.75) is 66.6 Å². The highest BCUT2D eigenvalue weighted by molar-refractivity contribution is 7.57. The molecule has 0 aromatic rings. The molecule has 4 heteroatoms. The Morgan fingerprint density at radius 3 is 1.50 bits per heavy atom. The normalized spacial score (nSPS) is 18.7. The van der Waals surface area contributed by atoms with Gasteiger partial charge in [0.25, 0.3) is 0 Å². The Morgan fingerprint density at radius 1 is 0.944 bits per heavy atom. The van der Waals surface area contributed by atoms with Crippen LogP contribution in [0, 0.1) is 11.8 Å². The summed E-state index contributed by atoms with van der Waals surface area (Å²) in [5, 5.41) is 0. The van der Waals surface area contributed by atoms with E-state index in [1.807, 2.05) is 13.8 Å². The third-order valence-electron chi connectivity index (χ3n) is 2.48. The van der Waals surface area contributed by atoms with Crippen LogP contribution in [0.2, 0.25) is 0 Å². The molecule has 0 bridgehead atoms. The molecular weight excluding hydrogens is 247 g/mol. The second kappa shape index (κ2) is 8.14. The Labute approximate surface area is 112 Å². The lowest BCUT2D eigenvalue weighted by Crippen LogP contribution is -2.14. The Balaban J connectivity index is 4.42. The van der Waals surface area contributed by atoms with Crippen LogP contribution in [-0.2, 0) is 13.6 Å². The molecule has 0 aliphatic heterocycles. The minimum absolute atomic E-state index is 0.0833. The molecule has 0 N–H and O–H groups in total. The molecule has 2 unspecified atom stereocenters. The van der Waals surface area contributed by atoms with Gasteiger partial charge >= 0.3 is 7.60 Å². The van der Waals surface area contributed by atoms with Crippen molar-refractivity contribution in [1.29, 1.82) is 0 Å². The van der Waals surface area contributed by atoms with E-state index < -0.39 is 7.60 Å². The van der Waals surface area contributed by atoms with Gasteiger partial charge in [-0.15, -0.1) is 0 Å². The molecule has 0 spiro atoms. The van der Waals surface area contributed by atoms with Crippen molar-refractivity contribution in [2.75, 3.05) is 0 Å². The summed E-state index contributed by atoms with van der Waals surface area (Å²) < 4.78 is 23.5. The zero-order valence-electron chi connectivity index (χ0n) is 12.7. The third-order valence-corrected chi connectivity index (χ3v) is 4.24. The fourth-order valence-electron chi connectivity index (χ4n) is 2.03. The van der Waals surface area contributed by atoms with Gasteiger partial charge in [0.15, 0.2) is 0 Å². The predicted octanol–water partition coefficient (Wildman–Crippen LogP) is 5.23. The Kier molecular flexibility index (Phi) is 8.09. The summed E-state index contributed by atoms with van der Waals surface area (Å²) in [5.41, 5.74) is 0. The topological polar surface area (TPSA) is 35.5 Å². The first-order valence-corrected chi connectivity index (χ1v) is 8.39. The Bertz CT molecular complexity index is 265. The first-order chi connectivity index (χ1) is 8.18. The first-order valence-electron chi connectivity index (χ1n) is 6.78. The number of hydrogen-bond acceptors (Lipinski definition) is 3. The minimum Gasteiger partial charge on any atom is -0.303 e. The zero-order chi connectivity index (χ0) is 14.3. The van der Waals surface area contributed by atoms with Crippen LogP contribution in [-0.4, -0.2) is 12.2 Å². The molecule has 0 saturated carbocycles. The molecule has 0 heterocycles. The SMILES string of the molecule is C=CP(=O)(OC(C)CC(C)C)OC(C)CC(C)C. The van der Waals surface area contributed by atoms with Crippen LogP contribution in [0.4, 0.5) is 0 Å². The van der Waals surface area contributed by atoms with Crippen molar-refractivity contribution in [3.8, 4) is 0 Å². The summed E-state index contributed by atoms with van der Waals surface area (Å²) in [6.45, 7) is 15.9. The van der Waals surface area contributed by atoms with Gasteiger partial charge in [-0.1, -0.05) is 34.3 Å². The van der Waals surface area contributed by atoms with E-state index in [0.717, 1.165) is 12.8 Å². The van der Waals surface area contributed by atoms with Gasteiger partial charge in [0, 0.05) is 5.82 Å². The monoisotopic (exact) mass is 276 g/mol. The largest absolute Gasteiger partial charge is 0.354 e. The molecular formula is C14H29O3P. The van der Waals surface area contributed by atoms with Crippen LogP contribution >= 0.6 is 7.60 Å². The average molecular weight is 276 g/mol. The van der Waals surface area contributed by atoms with Crippen LogP contribution in [0.25, 0.3) is 0 Å². The zero-order valence-corrected chi connectivity index (χ0v) is 13.6. The van der Waals surface area contributed by atoms with Crippen molar-refractivity contribution < 1.29 is 13.6 Å². The standard InChI is InChI=1S/C14H29O3P/c1-8-18(15,16-13(6)9-11(2)3)17-14(7)10-12(4)5/h8,11-14H,1,9-10H2,2-7H3. The van der Waals surface area contributed by atoms with Crippen LogP contribution in [0.1, 0.15) is 54.4 Å². The van der Waals surface area contributed by atoms with Crippen molar-refractivity contribution in [3.63, 3.8) is 0 Å². The second-order valence-corrected chi connectivity index (χ2v) is 7.68. The first kappa shape index (κ1) is 17.9. The Morgan fingerprint density at radius 2 is 1.28 bits per heavy atom. The van der Waals surface area contributed by atoms with E-state index in [-0.39, 0.29) is 12.2 Å². The Hall–Kier alpha value is -0.110. The summed E-state index contributed by atoms with van der Waals surface area (Å²) in [7, 11) is -3.16. The molecule has 3 nitrogen and oxygen atoms in total. The fraction of sp³-hybridized carbons (Fsp3) is 0.857. The molecule has 0 radical (unpaired) electrons. The van der Waals surface area contributed by atoms with E-state index in [4.69, 9.17) is 9.05 Å². The van der Waals surface area contributed by atoms with E-state index in [1.54, 1.807) is 0 Å². The minimum atomic E-state index is -3.16. The molecule has 0 rings (SSSR count). The quantitative estimate of drug-likeness (QED) is 0.541. The van der Waals surface area contributed by atoms with Crippen molar-refractivity contribution >= 4 is 7.60 Å². The molecule has 18 heavy (non-hydrogen) atoms. The van der Waals surface area contributed by atoms with Gasteiger partial charge in [-0.3, -0.25) is 4.57 Å². The van der Waals surface area contributed by atoms with E-state index in [0.29, 0.717) is 11.8 Å². The molecule has 0 aromatic heterocycles. The maximum Gasteiger partial charge on any atom is 0.354 e.